The summed E-state index contributed by atoms with van der Waals surface area (Å²) in [5.74, 6) is 0. The van der Waals surface area contributed by atoms with Gasteiger partial charge < -0.3 is 0 Å². The molecule has 5 aromatic carbocycles. The average Bonchev–Trinajstić information content (AvgIpc) is 3.49. The first kappa shape index (κ1) is 30.1. The van der Waals surface area contributed by atoms with Crippen molar-refractivity contribution in [1.29, 1.82) is 0 Å². The quantitative estimate of drug-likeness (QED) is 0.130. The summed E-state index contributed by atoms with van der Waals surface area (Å²) in [6.07, 6.45) is 1.09. The molecule has 0 fully saturated rings. The maximum absolute atomic E-state index is 4.93. The summed E-state index contributed by atoms with van der Waals surface area (Å²) in [6, 6.07) is 34.4. The molecular formula is C35H34Cl2SiZr. The summed E-state index contributed by atoms with van der Waals surface area (Å²) in [4.78, 5) is 0. The maximum Gasteiger partial charge on any atom is 0.0920 e. The number of hydrogen-bond acceptors (Lipinski definition) is 0. The fourth-order valence-corrected chi connectivity index (χ4v) is 6.64. The van der Waals surface area contributed by atoms with Crippen LogP contribution in [0.15, 0.2) is 84.9 Å². The molecule has 0 N–H and O–H groups in total. The van der Waals surface area contributed by atoms with Crippen LogP contribution >= 0.6 is 17.0 Å². The Morgan fingerprint density at radius 3 is 2.21 bits per heavy atom. The molecule has 0 aliphatic carbocycles. The molecule has 39 heavy (non-hydrogen) atoms. The van der Waals surface area contributed by atoms with Crippen LogP contribution in [0.4, 0.5) is 0 Å². The van der Waals surface area contributed by atoms with Crippen LogP contribution in [0.3, 0.4) is 0 Å². The van der Waals surface area contributed by atoms with E-state index in [0.29, 0.717) is 0 Å². The molecule has 0 saturated carbocycles. The van der Waals surface area contributed by atoms with Crippen molar-refractivity contribution in [2.75, 3.05) is 0 Å². The summed E-state index contributed by atoms with van der Waals surface area (Å²) in [6.45, 7) is 13.5. The first-order valence-electron chi connectivity index (χ1n) is 13.3. The standard InChI is InChI=1S/C23H27.C12H7Si.2ClH.Zr/c1-7-17-13-18-8-9-21(23(4,5)6)22(20(18)14-17)19-11-15(2)10-16(3)12-19;1-3-7-11-9(5-1)10-6-2-4-8-12(10)13-11;;;/h8-14H,7H2,1-6H3;1-7H;2*1H;/q2*-1;;;+4/p-2. The second kappa shape index (κ2) is 13.2. The van der Waals surface area contributed by atoms with Gasteiger partial charge in [0.05, 0.1) is 9.52 Å². The molecule has 0 saturated heterocycles. The Hall–Kier alpha value is -1.83. The molecule has 0 amide bonds. The zero-order valence-electron chi connectivity index (χ0n) is 23.5. The number of halogens is 2. The summed E-state index contributed by atoms with van der Waals surface area (Å²) in [5, 5.41) is 5.59. The molecule has 0 unspecified atom stereocenters. The van der Waals surface area contributed by atoms with Crippen molar-refractivity contribution in [3.63, 3.8) is 0 Å². The second-order valence-electron chi connectivity index (χ2n) is 11.0. The average molecular weight is 645 g/mol. The van der Waals surface area contributed by atoms with E-state index in [9.17, 15) is 0 Å². The molecule has 2 radical (unpaired) electrons. The van der Waals surface area contributed by atoms with Crippen LogP contribution in [0.1, 0.15) is 49.9 Å². The molecule has 0 spiro atoms. The first-order valence-corrected chi connectivity index (χ1v) is 20.6. The third-order valence-corrected chi connectivity index (χ3v) is 8.38. The van der Waals surface area contributed by atoms with Gasteiger partial charge in [-0.3, -0.25) is 0 Å². The number of rotatable bonds is 2. The van der Waals surface area contributed by atoms with Gasteiger partial charge in [0.1, 0.15) is 0 Å². The first-order chi connectivity index (χ1) is 18.7. The van der Waals surface area contributed by atoms with Gasteiger partial charge in [-0.15, -0.1) is 40.1 Å². The van der Waals surface area contributed by atoms with Crippen LogP contribution < -0.4 is 10.4 Å². The number of aryl methyl sites for hydroxylation is 3. The van der Waals surface area contributed by atoms with Crippen LogP contribution in [0, 0.1) is 19.9 Å². The minimum atomic E-state index is -0.826. The van der Waals surface area contributed by atoms with Crippen LogP contribution in [0.25, 0.3) is 33.0 Å². The van der Waals surface area contributed by atoms with Crippen molar-refractivity contribution in [3.05, 3.63) is 113 Å². The SMILES string of the molecule is CCc1cc2c(-c3cc(C)cc(C)c3)c(C(C)(C)C)ccc2[cH-]1.[Cl][Zr+2][Cl].[c-]1cccc2c1[Si]c1ccccc1-2. The van der Waals surface area contributed by atoms with E-state index < -0.39 is 20.8 Å². The fourth-order valence-electron chi connectivity index (χ4n) is 5.33. The van der Waals surface area contributed by atoms with Gasteiger partial charge in [0.2, 0.25) is 0 Å². The molecule has 1 aliphatic heterocycles. The Labute approximate surface area is 255 Å². The number of hydrogen-bond donors (Lipinski definition) is 0. The predicted molar refractivity (Wildman–Crippen MR) is 170 cm³/mol. The van der Waals surface area contributed by atoms with Gasteiger partial charge in [-0.25, -0.2) is 0 Å². The summed E-state index contributed by atoms with van der Waals surface area (Å²) in [7, 11) is 10.7. The Morgan fingerprint density at radius 1 is 0.872 bits per heavy atom. The minimum absolute atomic E-state index is 0.130. The van der Waals surface area contributed by atoms with E-state index in [0.717, 1.165) is 15.9 Å². The molecule has 6 rings (SSSR count). The molecule has 4 heteroatoms. The van der Waals surface area contributed by atoms with Gasteiger partial charge >= 0.3 is 37.9 Å². The van der Waals surface area contributed by atoms with Gasteiger partial charge in [-0.05, 0) is 31.2 Å². The largest absolute Gasteiger partial charge is 0.184 e. The van der Waals surface area contributed by atoms with Crippen molar-refractivity contribution < 1.29 is 20.8 Å². The number of fused-ring (bicyclic) bond motifs is 4. The van der Waals surface area contributed by atoms with Crippen molar-refractivity contribution >= 4 is 47.7 Å². The molecule has 0 atom stereocenters. The molecule has 0 bridgehead atoms. The molecule has 5 aromatic rings. The Morgan fingerprint density at radius 2 is 1.54 bits per heavy atom. The molecule has 0 aromatic heterocycles. The third-order valence-electron chi connectivity index (χ3n) is 7.01. The molecule has 1 aliphatic rings. The van der Waals surface area contributed by atoms with Gasteiger partial charge in [-0.2, -0.15) is 35.5 Å². The van der Waals surface area contributed by atoms with Gasteiger partial charge in [0.15, 0.2) is 0 Å². The van der Waals surface area contributed by atoms with Crippen LogP contribution in [-0.2, 0) is 32.7 Å². The topological polar surface area (TPSA) is 0 Å². The van der Waals surface area contributed by atoms with E-state index in [1.54, 1.807) is 0 Å². The van der Waals surface area contributed by atoms with E-state index in [4.69, 9.17) is 17.0 Å². The van der Waals surface area contributed by atoms with Gasteiger partial charge in [-0.1, -0.05) is 103 Å². The van der Waals surface area contributed by atoms with Gasteiger partial charge in [0, 0.05) is 0 Å². The van der Waals surface area contributed by atoms with Crippen molar-refractivity contribution in [2.45, 2.75) is 53.4 Å². The second-order valence-corrected chi connectivity index (χ2v) is 16.1. The van der Waals surface area contributed by atoms with E-state index in [1.165, 1.54) is 65.7 Å². The van der Waals surface area contributed by atoms with Crippen molar-refractivity contribution in [1.82, 2.24) is 0 Å². The molecule has 0 nitrogen and oxygen atoms in total. The summed E-state index contributed by atoms with van der Waals surface area (Å²) >= 11 is -0.826. The smallest absolute Gasteiger partial charge is 0.0920 e. The Balaban J connectivity index is 0.000000184. The van der Waals surface area contributed by atoms with E-state index >= 15 is 0 Å². The molecular weight excluding hydrogens is 611 g/mol. The van der Waals surface area contributed by atoms with Crippen LogP contribution in [0.5, 0.6) is 0 Å². The van der Waals surface area contributed by atoms with E-state index in [-0.39, 0.29) is 5.41 Å². The van der Waals surface area contributed by atoms with Crippen molar-refractivity contribution in [2.24, 2.45) is 0 Å². The third kappa shape index (κ3) is 7.09. The predicted octanol–water partition coefficient (Wildman–Crippen LogP) is 9.20. The minimum Gasteiger partial charge on any atom is -0.184 e. The van der Waals surface area contributed by atoms with E-state index in [2.05, 4.69) is 126 Å². The normalized spacial score (nSPS) is 11.5. The monoisotopic (exact) mass is 642 g/mol. The Kier molecular flexibility index (Phi) is 10.2. The summed E-state index contributed by atoms with van der Waals surface area (Å²) in [5.41, 5.74) is 11.2. The number of benzene rings is 4. The van der Waals surface area contributed by atoms with Gasteiger partial charge in [0.25, 0.3) is 0 Å². The molecule has 196 valence electrons. The molecule has 1 heterocycles. The zero-order valence-corrected chi connectivity index (χ0v) is 28.5. The van der Waals surface area contributed by atoms with Crippen LogP contribution in [-0.4, -0.2) is 9.52 Å². The van der Waals surface area contributed by atoms with Crippen molar-refractivity contribution in [3.8, 4) is 22.3 Å². The summed E-state index contributed by atoms with van der Waals surface area (Å²) < 4.78 is 0. The Bertz CT molecular complexity index is 1510. The zero-order chi connectivity index (χ0) is 28.2. The van der Waals surface area contributed by atoms with Crippen LogP contribution in [0.2, 0.25) is 0 Å². The maximum atomic E-state index is 4.93. The van der Waals surface area contributed by atoms with E-state index in [1.807, 2.05) is 6.07 Å². The fraction of sp³-hybridized carbons (Fsp3) is 0.229.